The number of nitrogens with two attached hydrogens (primary N) is 1. The minimum absolute atomic E-state index is 0. The van der Waals surface area contributed by atoms with Crippen molar-refractivity contribution in [3.8, 4) is 0 Å². The molecule has 0 fully saturated rings. The Morgan fingerprint density at radius 2 is 1.68 bits per heavy atom. The lowest BCUT2D eigenvalue weighted by molar-refractivity contribution is -0.151. The molecule has 0 aliphatic heterocycles. The van der Waals surface area contributed by atoms with E-state index in [0.29, 0.717) is 0 Å². The third-order valence-corrected chi connectivity index (χ3v) is 2.92. The van der Waals surface area contributed by atoms with Crippen molar-refractivity contribution < 1.29 is 44.7 Å². The van der Waals surface area contributed by atoms with Crippen LogP contribution < -0.4 is 5.73 Å². The van der Waals surface area contributed by atoms with Crippen LogP contribution in [0.15, 0.2) is 12.1 Å². The maximum absolute atomic E-state index is 13.8. The predicted molar refractivity (Wildman–Crippen MR) is 72.1 cm³/mol. The molecule has 1 aromatic carbocycles. The number of hydrogen-bond acceptors (Lipinski definition) is 3. The summed E-state index contributed by atoms with van der Waals surface area (Å²) >= 11 is 0. The summed E-state index contributed by atoms with van der Waals surface area (Å²) in [6.45, 7) is 0.948. The lowest BCUT2D eigenvalue weighted by Crippen LogP contribution is -2.34. The summed E-state index contributed by atoms with van der Waals surface area (Å²) < 4.78 is 108. The molecule has 0 aliphatic carbocycles. The molecule has 0 aromatic heterocycles. The number of ether oxygens (including phenoxy) is 1. The van der Waals surface area contributed by atoms with Gasteiger partial charge in [0.15, 0.2) is 0 Å². The topological polar surface area (TPSA) is 52.3 Å². The van der Waals surface area contributed by atoms with Crippen LogP contribution in [0.25, 0.3) is 0 Å². The second kappa shape index (κ2) is 8.17. The van der Waals surface area contributed by atoms with Crippen LogP contribution >= 0.6 is 12.4 Å². The van der Waals surface area contributed by atoms with Crippen LogP contribution in [0, 0.1) is 5.82 Å². The average Bonchev–Trinajstić information content (AvgIpc) is 2.43. The van der Waals surface area contributed by atoms with Crippen molar-refractivity contribution in [1.82, 2.24) is 0 Å². The standard InChI is InChI=1S/C13H11F8NO2.ClH/c1-2-24-11(23)9(15)10(22)8-6(13(19,20)21)3-5(4-7(8)14)12(16,17)18;/h3-4,9-10H,2,22H2,1H3;1H/t9?,10-;/m1./s1. The zero-order chi connectivity index (χ0) is 18.9. The van der Waals surface area contributed by atoms with Crippen molar-refractivity contribution in [2.24, 2.45) is 5.73 Å². The third-order valence-electron chi connectivity index (χ3n) is 2.92. The van der Waals surface area contributed by atoms with Crippen LogP contribution in [0.4, 0.5) is 35.1 Å². The van der Waals surface area contributed by atoms with Gasteiger partial charge in [0.25, 0.3) is 0 Å². The number of carbonyl (C=O) groups excluding carboxylic acids is 1. The largest absolute Gasteiger partial charge is 0.464 e. The Labute approximate surface area is 142 Å². The van der Waals surface area contributed by atoms with E-state index in [4.69, 9.17) is 5.73 Å². The lowest BCUT2D eigenvalue weighted by atomic mass is 9.94. The molecular formula is C13H12ClF8NO2. The maximum Gasteiger partial charge on any atom is 0.416 e. The Morgan fingerprint density at radius 1 is 1.16 bits per heavy atom. The van der Waals surface area contributed by atoms with Crippen molar-refractivity contribution in [3.05, 3.63) is 34.6 Å². The molecule has 2 N–H and O–H groups in total. The fraction of sp³-hybridized carbons (Fsp3) is 0.462. The van der Waals surface area contributed by atoms with E-state index in [-0.39, 0.29) is 25.1 Å². The molecule has 0 spiro atoms. The Morgan fingerprint density at radius 3 is 2.08 bits per heavy atom. The van der Waals surface area contributed by atoms with E-state index in [0.717, 1.165) is 0 Å². The molecule has 1 rings (SSSR count). The van der Waals surface area contributed by atoms with Gasteiger partial charge in [-0.25, -0.2) is 13.6 Å². The molecule has 25 heavy (non-hydrogen) atoms. The van der Waals surface area contributed by atoms with Crippen molar-refractivity contribution in [2.75, 3.05) is 6.61 Å². The Balaban J connectivity index is 0.00000576. The monoisotopic (exact) mass is 401 g/mol. The highest BCUT2D eigenvalue weighted by Gasteiger charge is 2.43. The number of benzene rings is 1. The van der Waals surface area contributed by atoms with Crippen LogP contribution in [0.1, 0.15) is 29.7 Å². The van der Waals surface area contributed by atoms with E-state index >= 15 is 0 Å². The number of carbonyl (C=O) groups is 1. The van der Waals surface area contributed by atoms with Gasteiger partial charge in [0.2, 0.25) is 6.17 Å². The van der Waals surface area contributed by atoms with Gasteiger partial charge in [0.05, 0.1) is 23.8 Å². The number of esters is 1. The van der Waals surface area contributed by atoms with Crippen LogP contribution in [0.2, 0.25) is 0 Å². The van der Waals surface area contributed by atoms with E-state index in [2.05, 4.69) is 4.74 Å². The normalized spacial score (nSPS) is 14.5. The Hall–Kier alpha value is -1.62. The molecule has 0 aliphatic rings. The summed E-state index contributed by atoms with van der Waals surface area (Å²) in [6.07, 6.45) is -13.6. The van der Waals surface area contributed by atoms with Crippen molar-refractivity contribution in [2.45, 2.75) is 31.5 Å². The molecule has 0 radical (unpaired) electrons. The fourth-order valence-corrected chi connectivity index (χ4v) is 1.87. The number of alkyl halides is 7. The van der Waals surface area contributed by atoms with Gasteiger partial charge >= 0.3 is 18.3 Å². The summed E-state index contributed by atoms with van der Waals surface area (Å²) in [4.78, 5) is 11.2. The summed E-state index contributed by atoms with van der Waals surface area (Å²) in [5.41, 5.74) is -0.495. The molecule has 0 amide bonds. The number of halogens is 9. The highest BCUT2D eigenvalue weighted by Crippen LogP contribution is 2.41. The van der Waals surface area contributed by atoms with Gasteiger partial charge in [-0.2, -0.15) is 26.3 Å². The first-order valence-corrected chi connectivity index (χ1v) is 6.34. The van der Waals surface area contributed by atoms with E-state index in [1.54, 1.807) is 0 Å². The first-order valence-electron chi connectivity index (χ1n) is 6.34. The summed E-state index contributed by atoms with van der Waals surface area (Å²) in [6, 6.07) is -3.14. The smallest absolute Gasteiger partial charge is 0.416 e. The van der Waals surface area contributed by atoms with Crippen LogP contribution in [0.5, 0.6) is 0 Å². The summed E-state index contributed by atoms with van der Waals surface area (Å²) in [5, 5.41) is 0. The molecule has 0 bridgehead atoms. The van der Waals surface area contributed by atoms with Gasteiger partial charge < -0.3 is 10.5 Å². The van der Waals surface area contributed by atoms with Crippen molar-refractivity contribution in [1.29, 1.82) is 0 Å². The van der Waals surface area contributed by atoms with Crippen LogP contribution in [-0.2, 0) is 21.9 Å². The minimum atomic E-state index is -5.45. The zero-order valence-electron chi connectivity index (χ0n) is 12.3. The van der Waals surface area contributed by atoms with Crippen LogP contribution in [-0.4, -0.2) is 18.7 Å². The molecule has 12 heteroatoms. The maximum atomic E-state index is 13.8. The van der Waals surface area contributed by atoms with Crippen LogP contribution in [0.3, 0.4) is 0 Å². The molecule has 0 saturated carbocycles. The SMILES string of the molecule is CCOC(=O)C(F)[C@H](N)c1c(F)cc(C(F)(F)F)cc1C(F)(F)F.Cl. The predicted octanol–water partition coefficient (Wildman–Crippen LogP) is 4.19. The summed E-state index contributed by atoms with van der Waals surface area (Å²) in [7, 11) is 0. The quantitative estimate of drug-likeness (QED) is 0.608. The van der Waals surface area contributed by atoms with E-state index in [1.165, 1.54) is 6.92 Å². The Kier molecular flexibility index (Phi) is 7.64. The van der Waals surface area contributed by atoms with E-state index in [1.807, 2.05) is 0 Å². The lowest BCUT2D eigenvalue weighted by Gasteiger charge is -2.22. The van der Waals surface area contributed by atoms with Gasteiger partial charge in [-0.05, 0) is 19.1 Å². The molecule has 1 aromatic rings. The first-order chi connectivity index (χ1) is 10.8. The van der Waals surface area contributed by atoms with Gasteiger partial charge in [0, 0.05) is 5.56 Å². The van der Waals surface area contributed by atoms with Gasteiger partial charge in [0.1, 0.15) is 5.82 Å². The molecule has 1 unspecified atom stereocenters. The number of rotatable bonds is 4. The van der Waals surface area contributed by atoms with E-state index < -0.39 is 59.1 Å². The fourth-order valence-electron chi connectivity index (χ4n) is 1.87. The summed E-state index contributed by atoms with van der Waals surface area (Å²) in [5.74, 6) is -3.69. The second-order valence-corrected chi connectivity index (χ2v) is 4.59. The Bertz CT molecular complexity index is 617. The van der Waals surface area contributed by atoms with Crippen molar-refractivity contribution in [3.63, 3.8) is 0 Å². The zero-order valence-corrected chi connectivity index (χ0v) is 13.2. The van der Waals surface area contributed by atoms with E-state index in [9.17, 15) is 39.9 Å². The number of hydrogen-bond donors (Lipinski definition) is 1. The average molecular weight is 402 g/mol. The molecule has 2 atom stereocenters. The molecule has 3 nitrogen and oxygen atoms in total. The van der Waals surface area contributed by atoms with Gasteiger partial charge in [-0.15, -0.1) is 12.4 Å². The highest BCUT2D eigenvalue weighted by molar-refractivity contribution is 5.85. The highest BCUT2D eigenvalue weighted by atomic mass is 35.5. The third kappa shape index (κ3) is 5.43. The molecular weight excluding hydrogens is 390 g/mol. The molecule has 0 heterocycles. The van der Waals surface area contributed by atoms with Gasteiger partial charge in [-0.3, -0.25) is 0 Å². The van der Waals surface area contributed by atoms with Crippen molar-refractivity contribution >= 4 is 18.4 Å². The van der Waals surface area contributed by atoms with Gasteiger partial charge in [-0.1, -0.05) is 0 Å². The second-order valence-electron chi connectivity index (χ2n) is 4.59. The first kappa shape index (κ1) is 23.4. The molecule has 144 valence electrons. The molecule has 0 saturated heterocycles. The minimum Gasteiger partial charge on any atom is -0.464 e.